The Morgan fingerprint density at radius 1 is 1.25 bits per heavy atom. The van der Waals surface area contributed by atoms with Crippen LogP contribution in [0.15, 0.2) is 29.3 Å². The first-order chi connectivity index (χ1) is 11.3. The summed E-state index contributed by atoms with van der Waals surface area (Å²) in [7, 11) is 1.69. The SMILES string of the molecule is CCSc1ccc(Cl)nc1-c1nc2cc(C(F)(F)F)cnc2n1C. The molecule has 0 aromatic carbocycles. The molecule has 0 radical (unpaired) electrons. The summed E-state index contributed by atoms with van der Waals surface area (Å²) in [6, 6.07) is 4.49. The standard InChI is InChI=1S/C15H12ClF3N4S/c1-3-24-10-4-5-11(16)22-12(10)14-21-9-6-8(15(17,18)19)7-20-13(9)23(14)2/h4-7H,3H2,1-2H3. The van der Waals surface area contributed by atoms with E-state index in [2.05, 4.69) is 15.0 Å². The summed E-state index contributed by atoms with van der Waals surface area (Å²) in [6.07, 6.45) is -3.66. The van der Waals surface area contributed by atoms with E-state index in [-0.39, 0.29) is 5.52 Å². The van der Waals surface area contributed by atoms with Gasteiger partial charge in [0, 0.05) is 18.1 Å². The Morgan fingerprint density at radius 2 is 2.00 bits per heavy atom. The molecule has 0 atom stereocenters. The maximum absolute atomic E-state index is 12.9. The van der Waals surface area contributed by atoms with Crippen molar-refractivity contribution in [2.45, 2.75) is 18.0 Å². The van der Waals surface area contributed by atoms with E-state index in [1.54, 1.807) is 29.4 Å². The van der Waals surface area contributed by atoms with Gasteiger partial charge in [-0.15, -0.1) is 11.8 Å². The third kappa shape index (κ3) is 3.08. The fourth-order valence-electron chi connectivity index (χ4n) is 2.30. The number of aryl methyl sites for hydroxylation is 1. The van der Waals surface area contributed by atoms with Crippen LogP contribution in [0.25, 0.3) is 22.7 Å². The highest BCUT2D eigenvalue weighted by Gasteiger charge is 2.32. The molecule has 3 rings (SSSR count). The average molecular weight is 373 g/mol. The first kappa shape index (κ1) is 17.0. The zero-order valence-corrected chi connectivity index (χ0v) is 14.3. The van der Waals surface area contributed by atoms with Gasteiger partial charge in [0.25, 0.3) is 0 Å². The second kappa shape index (κ2) is 6.25. The molecule has 3 heterocycles. The number of halogens is 4. The molecule has 9 heteroatoms. The minimum atomic E-state index is -4.46. The van der Waals surface area contributed by atoms with Gasteiger partial charge < -0.3 is 4.57 Å². The molecule has 0 spiro atoms. The second-order valence-electron chi connectivity index (χ2n) is 4.97. The van der Waals surface area contributed by atoms with Crippen molar-refractivity contribution in [2.75, 3.05) is 5.75 Å². The molecule has 0 unspecified atom stereocenters. The lowest BCUT2D eigenvalue weighted by molar-refractivity contribution is -0.137. The summed E-state index contributed by atoms with van der Waals surface area (Å²) in [4.78, 5) is 13.4. The lowest BCUT2D eigenvalue weighted by Gasteiger charge is -2.07. The first-order valence-electron chi connectivity index (χ1n) is 7.00. The van der Waals surface area contributed by atoms with Gasteiger partial charge >= 0.3 is 6.18 Å². The Labute approximate surface area is 145 Å². The zero-order chi connectivity index (χ0) is 17.5. The molecule has 0 fully saturated rings. The highest BCUT2D eigenvalue weighted by molar-refractivity contribution is 7.99. The van der Waals surface area contributed by atoms with Crippen LogP contribution in [0.2, 0.25) is 5.15 Å². The van der Waals surface area contributed by atoms with Crippen molar-refractivity contribution in [1.29, 1.82) is 0 Å². The normalized spacial score (nSPS) is 12.1. The largest absolute Gasteiger partial charge is 0.417 e. The van der Waals surface area contributed by atoms with Crippen LogP contribution in [-0.2, 0) is 13.2 Å². The number of imidazole rings is 1. The number of fused-ring (bicyclic) bond motifs is 1. The Morgan fingerprint density at radius 3 is 2.67 bits per heavy atom. The molecule has 24 heavy (non-hydrogen) atoms. The van der Waals surface area contributed by atoms with E-state index in [1.165, 1.54) is 0 Å². The van der Waals surface area contributed by atoms with Crippen molar-refractivity contribution in [1.82, 2.24) is 19.5 Å². The Kier molecular flexibility index (Phi) is 4.44. The number of rotatable bonds is 3. The highest BCUT2D eigenvalue weighted by atomic mass is 35.5. The van der Waals surface area contributed by atoms with Crippen molar-refractivity contribution in [3.8, 4) is 11.5 Å². The van der Waals surface area contributed by atoms with E-state index in [0.717, 1.165) is 22.9 Å². The topological polar surface area (TPSA) is 43.6 Å². The van der Waals surface area contributed by atoms with Gasteiger partial charge in [0.05, 0.1) is 5.56 Å². The second-order valence-corrected chi connectivity index (χ2v) is 6.67. The predicted molar refractivity (Wildman–Crippen MR) is 88.2 cm³/mol. The molecule has 0 saturated heterocycles. The van der Waals surface area contributed by atoms with Gasteiger partial charge in [0.15, 0.2) is 11.5 Å². The molecule has 126 valence electrons. The Bertz CT molecular complexity index is 908. The first-order valence-corrected chi connectivity index (χ1v) is 8.37. The van der Waals surface area contributed by atoms with Gasteiger partial charge in [0.2, 0.25) is 0 Å². The number of hydrogen-bond acceptors (Lipinski definition) is 4. The third-order valence-electron chi connectivity index (χ3n) is 3.37. The van der Waals surface area contributed by atoms with Gasteiger partial charge in [-0.3, -0.25) is 0 Å². The maximum Gasteiger partial charge on any atom is 0.417 e. The van der Waals surface area contributed by atoms with Crippen molar-refractivity contribution in [2.24, 2.45) is 7.05 Å². The molecule has 0 aliphatic heterocycles. The van der Waals surface area contributed by atoms with E-state index in [4.69, 9.17) is 11.6 Å². The molecule has 0 bridgehead atoms. The van der Waals surface area contributed by atoms with Crippen LogP contribution < -0.4 is 0 Å². The van der Waals surface area contributed by atoms with Gasteiger partial charge in [-0.05, 0) is 24.0 Å². The molecule has 0 amide bonds. The number of aromatic nitrogens is 4. The van der Waals surface area contributed by atoms with Crippen molar-refractivity contribution in [3.05, 3.63) is 35.1 Å². The lowest BCUT2D eigenvalue weighted by Crippen LogP contribution is -2.05. The van der Waals surface area contributed by atoms with E-state index >= 15 is 0 Å². The number of thioether (sulfide) groups is 1. The fourth-order valence-corrected chi connectivity index (χ4v) is 3.19. The molecule has 4 nitrogen and oxygen atoms in total. The summed E-state index contributed by atoms with van der Waals surface area (Å²) in [5, 5.41) is 0.293. The van der Waals surface area contributed by atoms with Crippen molar-refractivity contribution >= 4 is 34.5 Å². The van der Waals surface area contributed by atoms with Gasteiger partial charge in [-0.1, -0.05) is 18.5 Å². The average Bonchev–Trinajstić information content (AvgIpc) is 2.85. The molecule has 3 aromatic heterocycles. The number of alkyl halides is 3. The number of pyridine rings is 2. The van der Waals surface area contributed by atoms with Crippen LogP contribution in [0.1, 0.15) is 12.5 Å². The molecule has 0 N–H and O–H groups in total. The fraction of sp³-hybridized carbons (Fsp3) is 0.267. The smallest absolute Gasteiger partial charge is 0.310 e. The monoisotopic (exact) mass is 372 g/mol. The molecular formula is C15H12ClF3N4S. The summed E-state index contributed by atoms with van der Waals surface area (Å²) < 4.78 is 40.2. The number of hydrogen-bond donors (Lipinski definition) is 0. The molecule has 0 saturated carbocycles. The summed E-state index contributed by atoms with van der Waals surface area (Å²) in [5.41, 5.74) is 0.217. The van der Waals surface area contributed by atoms with E-state index < -0.39 is 11.7 Å². The van der Waals surface area contributed by atoms with E-state index in [9.17, 15) is 13.2 Å². The Balaban J connectivity index is 2.21. The molecular weight excluding hydrogens is 361 g/mol. The minimum absolute atomic E-state index is 0.163. The molecule has 0 aliphatic carbocycles. The minimum Gasteiger partial charge on any atom is -0.310 e. The lowest BCUT2D eigenvalue weighted by atomic mass is 10.2. The molecule has 0 aliphatic rings. The summed E-state index contributed by atoms with van der Waals surface area (Å²) in [5.74, 6) is 1.24. The third-order valence-corrected chi connectivity index (χ3v) is 4.51. The highest BCUT2D eigenvalue weighted by Crippen LogP contribution is 2.34. The van der Waals surface area contributed by atoms with Crippen LogP contribution in [0, 0.1) is 0 Å². The van der Waals surface area contributed by atoms with Crippen molar-refractivity contribution < 1.29 is 13.2 Å². The molecule has 3 aromatic rings. The van der Waals surface area contributed by atoms with Crippen LogP contribution >= 0.6 is 23.4 Å². The van der Waals surface area contributed by atoms with Crippen LogP contribution in [0.4, 0.5) is 13.2 Å². The van der Waals surface area contributed by atoms with Gasteiger partial charge in [-0.25, -0.2) is 15.0 Å². The quantitative estimate of drug-likeness (QED) is 0.488. The number of nitrogens with zero attached hydrogens (tertiary/aromatic N) is 4. The van der Waals surface area contributed by atoms with Gasteiger partial charge in [-0.2, -0.15) is 13.2 Å². The maximum atomic E-state index is 12.9. The zero-order valence-electron chi connectivity index (χ0n) is 12.7. The van der Waals surface area contributed by atoms with Crippen LogP contribution in [0.3, 0.4) is 0 Å². The van der Waals surface area contributed by atoms with Crippen LogP contribution in [0.5, 0.6) is 0 Å². The summed E-state index contributed by atoms with van der Waals surface area (Å²) in [6.45, 7) is 2.00. The predicted octanol–water partition coefficient (Wildman–Crippen LogP) is 4.81. The summed E-state index contributed by atoms with van der Waals surface area (Å²) >= 11 is 7.54. The van der Waals surface area contributed by atoms with Crippen LogP contribution in [-0.4, -0.2) is 25.3 Å². The van der Waals surface area contributed by atoms with Crippen molar-refractivity contribution in [3.63, 3.8) is 0 Å². The van der Waals surface area contributed by atoms with E-state index in [1.807, 2.05) is 13.0 Å². The van der Waals surface area contributed by atoms with Gasteiger partial charge in [0.1, 0.15) is 16.4 Å². The Hall–Kier alpha value is -1.80. The van der Waals surface area contributed by atoms with E-state index in [0.29, 0.717) is 22.3 Å².